The van der Waals surface area contributed by atoms with Crippen molar-refractivity contribution in [3.8, 4) is 11.4 Å². The summed E-state index contributed by atoms with van der Waals surface area (Å²) in [5.41, 5.74) is 0.270. The maximum atomic E-state index is 12.5. The minimum absolute atomic E-state index is 0.139. The first-order valence-electron chi connectivity index (χ1n) is 8.90. The average Bonchev–Trinajstić information content (AvgIpc) is 3.18. The number of carbonyl (C=O) groups is 1. The number of methoxy groups -OCH3 is 1. The molecule has 8 heteroatoms. The van der Waals surface area contributed by atoms with Crippen LogP contribution in [0.5, 0.6) is 5.75 Å². The van der Waals surface area contributed by atoms with Gasteiger partial charge in [-0.1, -0.05) is 13.0 Å². The molecular weight excluding hydrogens is 332 g/mol. The van der Waals surface area contributed by atoms with Gasteiger partial charge in [-0.05, 0) is 54.2 Å². The molecule has 2 amide bonds. The molecule has 0 unspecified atom stereocenters. The molecule has 140 valence electrons. The number of tetrazole rings is 1. The Bertz CT molecular complexity index is 767. The number of nitrogens with one attached hydrogen (secondary N) is 1. The summed E-state index contributed by atoms with van der Waals surface area (Å²) in [6.45, 7) is 2.24. The third-order valence-electron chi connectivity index (χ3n) is 5.45. The fourth-order valence-electron chi connectivity index (χ4n) is 3.70. The molecule has 0 atom stereocenters. The molecule has 0 saturated heterocycles. The number of benzene rings is 1. The summed E-state index contributed by atoms with van der Waals surface area (Å²) in [6.07, 6.45) is 3.68. The monoisotopic (exact) mass is 358 g/mol. The van der Waals surface area contributed by atoms with Gasteiger partial charge < -0.3 is 15.0 Å². The fourth-order valence-corrected chi connectivity index (χ4v) is 3.70. The lowest BCUT2D eigenvalue weighted by molar-refractivity contribution is 0.0732. The quantitative estimate of drug-likeness (QED) is 0.907. The molecule has 26 heavy (non-hydrogen) atoms. The van der Waals surface area contributed by atoms with Crippen molar-refractivity contribution >= 4 is 6.03 Å². The first-order chi connectivity index (χ1) is 12.5. The van der Waals surface area contributed by atoms with E-state index in [4.69, 9.17) is 4.74 Å². The number of urea groups is 1. The van der Waals surface area contributed by atoms with Crippen LogP contribution in [0.15, 0.2) is 24.3 Å². The van der Waals surface area contributed by atoms with Crippen molar-refractivity contribution < 1.29 is 9.53 Å². The third-order valence-corrected chi connectivity index (χ3v) is 5.45. The van der Waals surface area contributed by atoms with Gasteiger partial charge in [0.05, 0.1) is 12.8 Å². The summed E-state index contributed by atoms with van der Waals surface area (Å²) in [4.78, 5) is 14.2. The van der Waals surface area contributed by atoms with Crippen LogP contribution in [-0.2, 0) is 5.54 Å². The molecule has 1 aliphatic rings. The van der Waals surface area contributed by atoms with Crippen LogP contribution in [0.4, 0.5) is 4.79 Å². The van der Waals surface area contributed by atoms with Crippen molar-refractivity contribution in [3.63, 3.8) is 0 Å². The number of hydrogen-bond acceptors (Lipinski definition) is 5. The van der Waals surface area contributed by atoms with Crippen molar-refractivity contribution in [1.82, 2.24) is 30.4 Å². The zero-order chi connectivity index (χ0) is 18.7. The van der Waals surface area contributed by atoms with Crippen LogP contribution in [-0.4, -0.2) is 52.3 Å². The molecular formula is C18H26N6O2. The Morgan fingerprint density at radius 1 is 1.38 bits per heavy atom. The second-order valence-electron chi connectivity index (χ2n) is 6.94. The molecule has 1 aliphatic carbocycles. The SMILES string of the molecule is CNC(=O)N(C)C1(c2nnnn2-c2cccc(OC)c2)CCC(C)CC1. The molecule has 1 saturated carbocycles. The maximum Gasteiger partial charge on any atom is 0.317 e. The Hall–Kier alpha value is -2.64. The summed E-state index contributed by atoms with van der Waals surface area (Å²) in [5.74, 6) is 2.04. The van der Waals surface area contributed by atoms with E-state index in [1.54, 1.807) is 23.7 Å². The van der Waals surface area contributed by atoms with Gasteiger partial charge in [0, 0.05) is 20.2 Å². The maximum absolute atomic E-state index is 12.5. The van der Waals surface area contributed by atoms with Gasteiger partial charge in [-0.2, -0.15) is 4.68 Å². The summed E-state index contributed by atoms with van der Waals surface area (Å²) < 4.78 is 7.04. The van der Waals surface area contributed by atoms with Crippen LogP contribution in [0.2, 0.25) is 0 Å². The van der Waals surface area contributed by atoms with Crippen LogP contribution in [0.25, 0.3) is 5.69 Å². The molecule has 0 aliphatic heterocycles. The van der Waals surface area contributed by atoms with Gasteiger partial charge in [0.15, 0.2) is 5.82 Å². The first-order valence-corrected chi connectivity index (χ1v) is 8.90. The van der Waals surface area contributed by atoms with Crippen LogP contribution < -0.4 is 10.1 Å². The number of ether oxygens (including phenoxy) is 1. The van der Waals surface area contributed by atoms with E-state index in [0.717, 1.165) is 37.1 Å². The van der Waals surface area contributed by atoms with Crippen molar-refractivity contribution in [1.29, 1.82) is 0 Å². The topological polar surface area (TPSA) is 85.2 Å². The second kappa shape index (κ2) is 7.31. The van der Waals surface area contributed by atoms with Crippen LogP contribution >= 0.6 is 0 Å². The predicted octanol–water partition coefficient (Wildman–Crippen LogP) is 2.35. The molecule has 8 nitrogen and oxygen atoms in total. The molecule has 2 aromatic rings. The van der Waals surface area contributed by atoms with Crippen molar-refractivity contribution in [2.24, 2.45) is 5.92 Å². The molecule has 1 aromatic carbocycles. The minimum Gasteiger partial charge on any atom is -0.497 e. The highest BCUT2D eigenvalue weighted by Gasteiger charge is 2.46. The lowest BCUT2D eigenvalue weighted by atomic mass is 9.75. The molecule has 1 fully saturated rings. The van der Waals surface area contributed by atoms with Gasteiger partial charge in [0.1, 0.15) is 11.3 Å². The highest BCUT2D eigenvalue weighted by molar-refractivity contribution is 5.74. The Labute approximate surface area is 153 Å². The average molecular weight is 358 g/mol. The Morgan fingerprint density at radius 3 is 2.77 bits per heavy atom. The van der Waals surface area contributed by atoms with Crippen molar-refractivity contribution in [2.45, 2.75) is 38.1 Å². The summed E-state index contributed by atoms with van der Waals surface area (Å²) in [6, 6.07) is 7.46. The number of rotatable bonds is 4. The van der Waals surface area contributed by atoms with E-state index in [1.807, 2.05) is 31.3 Å². The van der Waals surface area contributed by atoms with E-state index < -0.39 is 5.54 Å². The zero-order valence-electron chi connectivity index (χ0n) is 15.8. The number of aromatic nitrogens is 4. The summed E-state index contributed by atoms with van der Waals surface area (Å²) in [7, 11) is 5.09. The number of nitrogens with zero attached hydrogens (tertiary/aromatic N) is 5. The van der Waals surface area contributed by atoms with Gasteiger partial charge in [-0.25, -0.2) is 4.79 Å². The first kappa shape index (κ1) is 18.2. The number of carbonyl (C=O) groups excluding carboxylic acids is 1. The van der Waals surface area contributed by atoms with E-state index >= 15 is 0 Å². The van der Waals surface area contributed by atoms with E-state index in [1.165, 1.54) is 0 Å². The van der Waals surface area contributed by atoms with Crippen molar-refractivity contribution in [2.75, 3.05) is 21.2 Å². The normalized spacial score (nSPS) is 22.7. The van der Waals surface area contributed by atoms with Gasteiger partial charge in [-0.15, -0.1) is 5.10 Å². The molecule has 1 aromatic heterocycles. The lowest BCUT2D eigenvalue weighted by Crippen LogP contribution is -2.53. The minimum atomic E-state index is -0.542. The highest BCUT2D eigenvalue weighted by atomic mass is 16.5. The number of amides is 2. The molecule has 3 rings (SSSR count). The van der Waals surface area contributed by atoms with E-state index in [9.17, 15) is 4.79 Å². The van der Waals surface area contributed by atoms with Gasteiger partial charge in [-0.3, -0.25) is 0 Å². The largest absolute Gasteiger partial charge is 0.497 e. The van der Waals surface area contributed by atoms with Crippen LogP contribution in [0.1, 0.15) is 38.4 Å². The van der Waals surface area contributed by atoms with Gasteiger partial charge in [0.25, 0.3) is 0 Å². The molecule has 1 N–H and O–H groups in total. The van der Waals surface area contributed by atoms with E-state index in [0.29, 0.717) is 11.7 Å². The Balaban J connectivity index is 2.08. The molecule has 0 spiro atoms. The standard InChI is InChI=1S/C18H26N6O2/c1-13-8-10-18(11-9-13,23(3)17(25)19-2)16-20-21-22-24(16)14-6-5-7-15(12-14)26-4/h5-7,12-13H,8-11H2,1-4H3,(H,19,25). The summed E-state index contributed by atoms with van der Waals surface area (Å²) in [5, 5.41) is 15.2. The van der Waals surface area contributed by atoms with Crippen LogP contribution in [0.3, 0.4) is 0 Å². The van der Waals surface area contributed by atoms with Crippen molar-refractivity contribution in [3.05, 3.63) is 30.1 Å². The third kappa shape index (κ3) is 3.11. The van der Waals surface area contributed by atoms with E-state index in [2.05, 4.69) is 27.8 Å². The second-order valence-corrected chi connectivity index (χ2v) is 6.94. The molecule has 0 radical (unpaired) electrons. The molecule has 0 bridgehead atoms. The van der Waals surface area contributed by atoms with Crippen LogP contribution in [0, 0.1) is 5.92 Å². The Kier molecular flexibility index (Phi) is 5.11. The zero-order valence-corrected chi connectivity index (χ0v) is 15.8. The lowest BCUT2D eigenvalue weighted by Gasteiger charge is -2.44. The smallest absolute Gasteiger partial charge is 0.317 e. The molecule has 1 heterocycles. The highest BCUT2D eigenvalue weighted by Crippen LogP contribution is 2.43. The van der Waals surface area contributed by atoms with E-state index in [-0.39, 0.29) is 6.03 Å². The predicted molar refractivity (Wildman–Crippen MR) is 97.2 cm³/mol. The Morgan fingerprint density at radius 2 is 2.12 bits per heavy atom. The van der Waals surface area contributed by atoms with Gasteiger partial charge >= 0.3 is 6.03 Å². The summed E-state index contributed by atoms with van der Waals surface area (Å²) >= 11 is 0. The fraction of sp³-hybridized carbons (Fsp3) is 0.556. The van der Waals surface area contributed by atoms with Gasteiger partial charge in [0.2, 0.25) is 0 Å². The number of hydrogen-bond donors (Lipinski definition) is 1.